The van der Waals surface area contributed by atoms with Crippen molar-refractivity contribution in [1.82, 2.24) is 4.90 Å². The molecule has 1 heterocycles. The summed E-state index contributed by atoms with van der Waals surface area (Å²) in [6.07, 6.45) is 0. The third kappa shape index (κ3) is 5.99. The Kier molecular flexibility index (Phi) is 9.16. The zero-order chi connectivity index (χ0) is 16.7. The fourth-order valence-corrected chi connectivity index (χ4v) is 2.47. The third-order valence-corrected chi connectivity index (χ3v) is 3.85. The van der Waals surface area contributed by atoms with Crippen LogP contribution in [0.4, 0.5) is 5.69 Å². The number of nitrogens with two attached hydrogens (primary N) is 1. The van der Waals surface area contributed by atoms with E-state index in [0.717, 1.165) is 32.0 Å². The van der Waals surface area contributed by atoms with E-state index in [1.54, 1.807) is 14.2 Å². The summed E-state index contributed by atoms with van der Waals surface area (Å²) in [4.78, 5) is 6.78. The zero-order valence-electron chi connectivity index (χ0n) is 14.4. The van der Waals surface area contributed by atoms with E-state index in [-0.39, 0.29) is 24.0 Å². The van der Waals surface area contributed by atoms with Crippen molar-refractivity contribution in [2.75, 3.05) is 52.4 Å². The summed E-state index contributed by atoms with van der Waals surface area (Å²) < 4.78 is 15.8. The van der Waals surface area contributed by atoms with Gasteiger partial charge in [-0.3, -0.25) is 9.89 Å². The number of nitrogens with one attached hydrogen (secondary N) is 1. The van der Waals surface area contributed by atoms with Gasteiger partial charge in [0.25, 0.3) is 0 Å². The average molecular weight is 450 g/mol. The number of guanidine groups is 1. The molecule has 0 saturated carbocycles. The molecule has 3 N–H and O–H groups in total. The lowest BCUT2D eigenvalue weighted by atomic mass is 10.2. The Morgan fingerprint density at radius 3 is 2.58 bits per heavy atom. The lowest BCUT2D eigenvalue weighted by Crippen LogP contribution is -2.43. The highest BCUT2D eigenvalue weighted by Gasteiger charge is 2.16. The maximum Gasteiger partial charge on any atom is 0.193 e. The number of anilines is 1. The van der Waals surface area contributed by atoms with Crippen molar-refractivity contribution < 1.29 is 14.2 Å². The van der Waals surface area contributed by atoms with Crippen LogP contribution in [0.15, 0.2) is 23.2 Å². The molecule has 0 aliphatic carbocycles. The number of hydrogen-bond donors (Lipinski definition) is 2. The van der Waals surface area contributed by atoms with E-state index in [4.69, 9.17) is 19.9 Å². The number of nitrogens with zero attached hydrogens (tertiary/aromatic N) is 2. The molecule has 1 fully saturated rings. The monoisotopic (exact) mass is 450 g/mol. The predicted molar refractivity (Wildman–Crippen MR) is 107 cm³/mol. The standard InChI is InChI=1S/C16H26N4O3.HI/c1-12(20-6-8-23-9-7-20)11-18-16(17)19-13-4-5-14(21-2)15(10-13)22-3;/h4-5,10,12H,6-9,11H2,1-3H3,(H3,17,18,19);1H. The molecule has 136 valence electrons. The lowest BCUT2D eigenvalue weighted by molar-refractivity contribution is 0.0221. The number of morpholine rings is 1. The van der Waals surface area contributed by atoms with E-state index in [0.29, 0.717) is 30.0 Å². The van der Waals surface area contributed by atoms with Gasteiger partial charge in [-0.2, -0.15) is 0 Å². The van der Waals surface area contributed by atoms with E-state index in [9.17, 15) is 0 Å². The minimum absolute atomic E-state index is 0. The Morgan fingerprint density at radius 2 is 1.96 bits per heavy atom. The molecule has 1 aliphatic heterocycles. The smallest absolute Gasteiger partial charge is 0.193 e. The molecule has 1 aromatic rings. The Morgan fingerprint density at radius 1 is 1.29 bits per heavy atom. The lowest BCUT2D eigenvalue weighted by Gasteiger charge is -2.31. The maximum absolute atomic E-state index is 5.97. The zero-order valence-corrected chi connectivity index (χ0v) is 16.8. The SMILES string of the molecule is COc1ccc(NC(N)=NCC(C)N2CCOCC2)cc1OC.I. The fourth-order valence-electron chi connectivity index (χ4n) is 2.47. The quantitative estimate of drug-likeness (QED) is 0.391. The minimum Gasteiger partial charge on any atom is -0.493 e. The number of ether oxygens (including phenoxy) is 3. The molecule has 1 aromatic carbocycles. The first-order valence-corrected chi connectivity index (χ1v) is 7.74. The van der Waals surface area contributed by atoms with Crippen LogP contribution in [0.25, 0.3) is 0 Å². The maximum atomic E-state index is 5.97. The summed E-state index contributed by atoms with van der Waals surface area (Å²) in [6.45, 7) is 6.25. The van der Waals surface area contributed by atoms with E-state index >= 15 is 0 Å². The molecule has 1 saturated heterocycles. The van der Waals surface area contributed by atoms with Crippen molar-refractivity contribution >= 4 is 35.6 Å². The largest absolute Gasteiger partial charge is 0.493 e. The molecule has 2 rings (SSSR count). The molecule has 0 bridgehead atoms. The number of benzene rings is 1. The van der Waals surface area contributed by atoms with Gasteiger partial charge >= 0.3 is 0 Å². The van der Waals surface area contributed by atoms with Gasteiger partial charge in [0.15, 0.2) is 17.5 Å². The first-order valence-electron chi connectivity index (χ1n) is 7.74. The second kappa shape index (κ2) is 10.6. The molecule has 7 nitrogen and oxygen atoms in total. The van der Waals surface area contributed by atoms with Gasteiger partial charge in [-0.05, 0) is 19.1 Å². The van der Waals surface area contributed by atoms with Crippen molar-refractivity contribution in [2.24, 2.45) is 10.7 Å². The average Bonchev–Trinajstić information content (AvgIpc) is 2.60. The first kappa shape index (κ1) is 20.8. The third-order valence-electron chi connectivity index (χ3n) is 3.85. The Bertz CT molecular complexity index is 536. The van der Waals surface area contributed by atoms with Crippen LogP contribution in [0.3, 0.4) is 0 Å². The normalized spacial score (nSPS) is 16.9. The van der Waals surface area contributed by atoms with Crippen molar-refractivity contribution in [2.45, 2.75) is 13.0 Å². The summed E-state index contributed by atoms with van der Waals surface area (Å²) in [7, 11) is 3.21. The highest BCUT2D eigenvalue weighted by molar-refractivity contribution is 14.0. The highest BCUT2D eigenvalue weighted by Crippen LogP contribution is 2.29. The summed E-state index contributed by atoms with van der Waals surface area (Å²) in [5, 5.41) is 3.08. The van der Waals surface area contributed by atoms with Crippen LogP contribution in [-0.2, 0) is 4.74 Å². The minimum atomic E-state index is 0. The van der Waals surface area contributed by atoms with Crippen LogP contribution in [0.1, 0.15) is 6.92 Å². The molecule has 1 aliphatic rings. The van der Waals surface area contributed by atoms with Crippen molar-refractivity contribution in [3.05, 3.63) is 18.2 Å². The molecule has 0 aromatic heterocycles. The number of aliphatic imine (C=N–C) groups is 1. The topological polar surface area (TPSA) is 81.3 Å². The van der Waals surface area contributed by atoms with Crippen LogP contribution in [0.5, 0.6) is 11.5 Å². The number of rotatable bonds is 6. The van der Waals surface area contributed by atoms with Crippen molar-refractivity contribution in [3.63, 3.8) is 0 Å². The Labute approximate surface area is 160 Å². The van der Waals surface area contributed by atoms with Crippen LogP contribution in [0.2, 0.25) is 0 Å². The number of hydrogen-bond acceptors (Lipinski definition) is 5. The van der Waals surface area contributed by atoms with Gasteiger partial charge in [-0.1, -0.05) is 0 Å². The van der Waals surface area contributed by atoms with Crippen LogP contribution >= 0.6 is 24.0 Å². The molecule has 24 heavy (non-hydrogen) atoms. The Balaban J connectivity index is 0.00000288. The summed E-state index contributed by atoms with van der Waals surface area (Å²) in [5.41, 5.74) is 6.78. The van der Waals surface area contributed by atoms with E-state index in [1.807, 2.05) is 18.2 Å². The summed E-state index contributed by atoms with van der Waals surface area (Å²) in [5.74, 6) is 1.71. The molecular weight excluding hydrogens is 423 g/mol. The summed E-state index contributed by atoms with van der Waals surface area (Å²) >= 11 is 0. The van der Waals surface area contributed by atoms with E-state index in [1.165, 1.54) is 0 Å². The van der Waals surface area contributed by atoms with Crippen LogP contribution < -0.4 is 20.5 Å². The molecule has 1 unspecified atom stereocenters. The number of halogens is 1. The molecular formula is C16H27IN4O3. The van der Waals surface area contributed by atoms with Gasteiger partial charge < -0.3 is 25.3 Å². The van der Waals surface area contributed by atoms with Gasteiger partial charge in [0.2, 0.25) is 0 Å². The summed E-state index contributed by atoms with van der Waals surface area (Å²) in [6, 6.07) is 5.86. The predicted octanol–water partition coefficient (Wildman–Crippen LogP) is 1.77. The van der Waals surface area contributed by atoms with Gasteiger partial charge in [-0.25, -0.2) is 0 Å². The van der Waals surface area contributed by atoms with E-state index in [2.05, 4.69) is 22.1 Å². The van der Waals surface area contributed by atoms with Gasteiger partial charge in [0.05, 0.1) is 34.0 Å². The second-order valence-electron chi connectivity index (χ2n) is 5.42. The Hall–Kier alpha value is -1.26. The second-order valence-corrected chi connectivity index (χ2v) is 5.42. The van der Waals surface area contributed by atoms with Crippen molar-refractivity contribution in [1.29, 1.82) is 0 Å². The molecule has 8 heteroatoms. The molecule has 0 spiro atoms. The van der Waals surface area contributed by atoms with Crippen LogP contribution in [0, 0.1) is 0 Å². The van der Waals surface area contributed by atoms with E-state index < -0.39 is 0 Å². The van der Waals surface area contributed by atoms with Gasteiger partial charge in [0.1, 0.15) is 0 Å². The molecule has 0 amide bonds. The van der Waals surface area contributed by atoms with Crippen molar-refractivity contribution in [3.8, 4) is 11.5 Å². The molecule has 0 radical (unpaired) electrons. The first-order chi connectivity index (χ1) is 11.1. The van der Waals surface area contributed by atoms with Gasteiger partial charge in [0, 0.05) is 30.9 Å². The fraction of sp³-hybridized carbons (Fsp3) is 0.562. The number of methoxy groups -OCH3 is 2. The molecule has 1 atom stereocenters. The van der Waals surface area contributed by atoms with Gasteiger partial charge in [-0.15, -0.1) is 24.0 Å². The highest BCUT2D eigenvalue weighted by atomic mass is 127. The van der Waals surface area contributed by atoms with Crippen LogP contribution in [-0.4, -0.2) is 64.0 Å².